The van der Waals surface area contributed by atoms with Crippen molar-refractivity contribution < 1.29 is 46.6 Å². The smallest absolute Gasteiger partial charge is 0.297 e. The average Bonchev–Trinajstić information content (AvgIpc) is 1.34. The number of amides is 1. The van der Waals surface area contributed by atoms with Gasteiger partial charge in [-0.05, 0) is 129 Å². The van der Waals surface area contributed by atoms with Crippen LogP contribution < -0.4 is 38.9 Å². The molecule has 3 N–H and O–H groups in total. The second kappa shape index (κ2) is 24.2. The van der Waals surface area contributed by atoms with Gasteiger partial charge in [0, 0.05) is 113 Å². The highest BCUT2D eigenvalue weighted by Gasteiger charge is 2.51. The number of ether oxygens (including phenoxy) is 6. The quantitative estimate of drug-likeness (QED) is 0.0681. The molecule has 5 saturated heterocycles. The van der Waals surface area contributed by atoms with Gasteiger partial charge < -0.3 is 53.4 Å². The minimum Gasteiger partial charge on any atom is -0.493 e. The minimum atomic E-state index is -4.72. The van der Waals surface area contributed by atoms with E-state index in [-0.39, 0.29) is 71.8 Å². The highest BCUT2D eigenvalue weighted by molar-refractivity contribution is 7.90. The molecule has 6 fully saturated rings. The number of nitrogens with one attached hydrogen (secondary N) is 3. The molecule has 472 valence electrons. The SMILES string of the molecule is COc1cc([C@@H](C(C)C)N2CCN(C3CC4(CCN(c5ccc(C(=O)NS(=O)(=O)c6cc7c(c([N+](=O)[O-])c6)N[C@H](C6CCOCC6)CO7)c(N6c7cc8cc[nH]c8nc7O[C@H]7COCC[C@@H]76)c5)CC4)C3)[C@H](c3ccccc3C)C2)cnc1N1CCOC[C@@H]1C. The summed E-state index contributed by atoms with van der Waals surface area (Å²) in [5.41, 5.74) is 6.44. The number of rotatable bonds is 14. The standard InChI is InChI=1S/C66H81N11O11S/c1-40(2)61(45-29-58(83-5)63(68-35-45)74-23-27-86-37-42(74)4)73-21-22-75(56(36-73)49-9-7-6-8-41(49)3)47-33-66(34-47)16-19-72(20-17-66)46-10-11-50(53(30-46)76-52-15-26-85-39-59(52)88-65-55(76)28-44-12-18-67-62(44)70-65)64(78)71-89(81,82)48-31-54(77(79)80)60-57(32-48)87-38-51(69-60)43-13-24-84-25-14-43/h6-12,18,28-32,35,40,42-43,47,51-52,56,59,61,69H,13-17,19-27,33-34,36-39H2,1-5H3,(H,67,70)(H,71,78)/t42-,51-,52-,56-,59-,61+/m0/s1. The summed E-state index contributed by atoms with van der Waals surface area (Å²) in [5, 5.41) is 16.8. The number of anilines is 5. The summed E-state index contributed by atoms with van der Waals surface area (Å²) in [6.45, 7) is 17.6. The van der Waals surface area contributed by atoms with E-state index in [2.05, 4.69) is 104 Å². The number of methoxy groups -OCH3 is 1. The molecule has 10 heterocycles. The van der Waals surface area contributed by atoms with Gasteiger partial charge in [0.15, 0.2) is 23.0 Å². The summed E-state index contributed by atoms with van der Waals surface area (Å²) in [6.07, 6.45) is 9.75. The van der Waals surface area contributed by atoms with Crippen LogP contribution in [0.1, 0.15) is 105 Å². The first-order valence-electron chi connectivity index (χ1n) is 31.8. The predicted molar refractivity (Wildman–Crippen MR) is 338 cm³/mol. The lowest BCUT2D eigenvalue weighted by Crippen LogP contribution is -2.60. The number of nitro groups is 1. The largest absolute Gasteiger partial charge is 0.493 e. The Morgan fingerprint density at radius 2 is 1.70 bits per heavy atom. The fourth-order valence-electron chi connectivity index (χ4n) is 15.8. The summed E-state index contributed by atoms with van der Waals surface area (Å²) in [7, 11) is -2.98. The van der Waals surface area contributed by atoms with Crippen molar-refractivity contribution in [1.82, 2.24) is 29.5 Å². The Kier molecular flexibility index (Phi) is 16.1. The first kappa shape index (κ1) is 59.3. The maximum absolute atomic E-state index is 15.0. The number of hydrogen-bond donors (Lipinski definition) is 3. The zero-order valence-corrected chi connectivity index (χ0v) is 52.2. The van der Waals surface area contributed by atoms with Gasteiger partial charge in [-0.25, -0.2) is 18.1 Å². The van der Waals surface area contributed by atoms with Gasteiger partial charge in [-0.3, -0.25) is 24.7 Å². The number of fused-ring (bicyclic) bond motifs is 4. The van der Waals surface area contributed by atoms with E-state index in [1.807, 2.05) is 30.5 Å². The van der Waals surface area contributed by atoms with E-state index < -0.39 is 37.5 Å². The number of morpholine rings is 1. The van der Waals surface area contributed by atoms with Gasteiger partial charge >= 0.3 is 0 Å². The Morgan fingerprint density at radius 3 is 2.47 bits per heavy atom. The molecule has 23 heteroatoms. The van der Waals surface area contributed by atoms with Crippen molar-refractivity contribution in [2.24, 2.45) is 17.3 Å². The van der Waals surface area contributed by atoms with Gasteiger partial charge in [0.25, 0.3) is 21.6 Å². The number of nitro benzene ring substituents is 1. The molecule has 3 aromatic heterocycles. The molecule has 0 radical (unpaired) electrons. The van der Waals surface area contributed by atoms with Gasteiger partial charge in [-0.1, -0.05) is 38.1 Å². The molecular formula is C66H81N11O11S. The first-order valence-corrected chi connectivity index (χ1v) is 33.3. The zero-order valence-electron chi connectivity index (χ0n) is 51.4. The number of sulfonamides is 1. The molecule has 6 aromatic rings. The summed E-state index contributed by atoms with van der Waals surface area (Å²) >= 11 is 0. The highest BCUT2D eigenvalue weighted by atomic mass is 32.2. The van der Waals surface area contributed by atoms with Crippen molar-refractivity contribution >= 4 is 61.2 Å². The van der Waals surface area contributed by atoms with Gasteiger partial charge in [0.05, 0.1) is 66.1 Å². The monoisotopic (exact) mass is 1240 g/mol. The average molecular weight is 1240 g/mol. The van der Waals surface area contributed by atoms with Crippen LogP contribution in [-0.2, 0) is 24.2 Å². The molecule has 89 heavy (non-hydrogen) atoms. The molecule has 0 bridgehead atoms. The first-order chi connectivity index (χ1) is 43.1. The Balaban J connectivity index is 0.721. The van der Waals surface area contributed by atoms with E-state index >= 15 is 4.79 Å². The van der Waals surface area contributed by atoms with Crippen molar-refractivity contribution in [3.63, 3.8) is 0 Å². The Hall–Kier alpha value is -7.28. The number of piperidine rings is 1. The molecular weight excluding hydrogens is 1150 g/mol. The summed E-state index contributed by atoms with van der Waals surface area (Å²) in [5.74, 6) is 1.65. The molecule has 6 atom stereocenters. The normalized spacial score (nSPS) is 24.6. The topological polar surface area (TPSA) is 232 Å². The Bertz CT molecular complexity index is 3750. The maximum Gasteiger partial charge on any atom is 0.297 e. The number of aromatic amines is 1. The lowest BCUT2D eigenvalue weighted by atomic mass is 9.59. The van der Waals surface area contributed by atoms with E-state index in [4.69, 9.17) is 38.4 Å². The van der Waals surface area contributed by atoms with Crippen LogP contribution in [0, 0.1) is 34.3 Å². The van der Waals surface area contributed by atoms with Crippen molar-refractivity contribution in [3.05, 3.63) is 118 Å². The molecule has 1 saturated carbocycles. The predicted octanol–water partition coefficient (Wildman–Crippen LogP) is 9.32. The molecule has 22 nitrogen and oxygen atoms in total. The number of nitrogens with zero attached hydrogens (tertiary/aromatic N) is 8. The summed E-state index contributed by atoms with van der Waals surface area (Å²) < 4.78 is 67.4. The number of H-pyrrole nitrogens is 1. The van der Waals surface area contributed by atoms with E-state index in [9.17, 15) is 18.5 Å². The lowest BCUT2D eigenvalue weighted by Gasteiger charge is -2.59. The lowest BCUT2D eigenvalue weighted by molar-refractivity contribution is -0.384. The molecule has 1 amide bonds. The van der Waals surface area contributed by atoms with Crippen LogP contribution in [0.5, 0.6) is 17.4 Å². The molecule has 14 rings (SSSR count). The van der Waals surface area contributed by atoms with E-state index in [0.717, 1.165) is 107 Å². The van der Waals surface area contributed by atoms with Crippen LogP contribution >= 0.6 is 0 Å². The second-order valence-electron chi connectivity index (χ2n) is 26.2. The van der Waals surface area contributed by atoms with Crippen LogP contribution in [-0.4, -0.2) is 167 Å². The number of benzene rings is 3. The van der Waals surface area contributed by atoms with Crippen molar-refractivity contribution in [3.8, 4) is 17.4 Å². The van der Waals surface area contributed by atoms with Gasteiger partial charge in [0.2, 0.25) is 5.88 Å². The van der Waals surface area contributed by atoms with Crippen LogP contribution in [0.2, 0.25) is 0 Å². The highest BCUT2D eigenvalue weighted by Crippen LogP contribution is 2.55. The van der Waals surface area contributed by atoms with Crippen LogP contribution in [0.15, 0.2) is 90.1 Å². The van der Waals surface area contributed by atoms with Gasteiger partial charge in [-0.2, -0.15) is 4.98 Å². The van der Waals surface area contributed by atoms with E-state index in [1.54, 1.807) is 13.2 Å². The van der Waals surface area contributed by atoms with Crippen molar-refractivity contribution in [1.29, 1.82) is 0 Å². The second-order valence-corrected chi connectivity index (χ2v) is 27.8. The number of carbonyl (C=O) groups excluding carboxylic acids is 1. The number of pyridine rings is 2. The number of aryl methyl sites for hydroxylation is 1. The fourth-order valence-corrected chi connectivity index (χ4v) is 16.8. The van der Waals surface area contributed by atoms with Crippen molar-refractivity contribution in [2.45, 2.75) is 120 Å². The molecule has 7 aliphatic heterocycles. The third-order valence-electron chi connectivity index (χ3n) is 20.5. The third kappa shape index (κ3) is 11.3. The maximum atomic E-state index is 15.0. The van der Waals surface area contributed by atoms with Crippen LogP contribution in [0.4, 0.5) is 34.3 Å². The molecule has 3 aromatic carbocycles. The molecule has 0 unspecified atom stereocenters. The number of hydrogen-bond acceptors (Lipinski definition) is 19. The number of aromatic nitrogens is 3. The molecule has 1 spiro atoms. The van der Waals surface area contributed by atoms with Gasteiger partial charge in [-0.15, -0.1) is 0 Å². The third-order valence-corrected chi connectivity index (χ3v) is 21.8. The zero-order chi connectivity index (χ0) is 61.3. The van der Waals surface area contributed by atoms with E-state index in [1.165, 1.54) is 22.8 Å². The van der Waals surface area contributed by atoms with Crippen molar-refractivity contribution in [2.75, 3.05) is 113 Å². The van der Waals surface area contributed by atoms with E-state index in [0.29, 0.717) is 74.3 Å². The summed E-state index contributed by atoms with van der Waals surface area (Å²) in [4.78, 5) is 52.0. The molecule has 1 aliphatic carbocycles. The molecule has 8 aliphatic rings. The Labute approximate surface area is 519 Å². The minimum absolute atomic E-state index is 0.0252. The number of carbonyl (C=O) groups is 1. The fraction of sp³-hybridized carbons (Fsp3) is 0.530. The van der Waals surface area contributed by atoms with Crippen LogP contribution in [0.3, 0.4) is 0 Å². The summed E-state index contributed by atoms with van der Waals surface area (Å²) in [6, 6.07) is 23.4. The van der Waals surface area contributed by atoms with Gasteiger partial charge in [0.1, 0.15) is 24.0 Å². The van der Waals surface area contributed by atoms with Crippen LogP contribution in [0.25, 0.3) is 11.0 Å². The Morgan fingerprint density at radius 1 is 0.899 bits per heavy atom. The number of piperazine rings is 1.